The summed E-state index contributed by atoms with van der Waals surface area (Å²) in [5, 5.41) is 0. The number of para-hydroxylation sites is 2. The second kappa shape index (κ2) is 3.90. The van der Waals surface area contributed by atoms with E-state index in [9.17, 15) is 8.42 Å². The number of halogens is 1. The molecule has 0 N–H and O–H groups in total. The Kier molecular flexibility index (Phi) is 2.75. The van der Waals surface area contributed by atoms with E-state index in [1.54, 1.807) is 18.2 Å². The van der Waals surface area contributed by atoms with Crippen LogP contribution in [0.1, 0.15) is 0 Å². The number of fused-ring (bicyclic) bond motifs is 1. The molecule has 4 nitrogen and oxygen atoms in total. The van der Waals surface area contributed by atoms with Crippen molar-refractivity contribution in [3.05, 3.63) is 24.3 Å². The number of hydrogen-bond donors (Lipinski definition) is 0. The molecule has 1 atom stereocenters. The van der Waals surface area contributed by atoms with Gasteiger partial charge in [-0.3, -0.25) is 0 Å². The summed E-state index contributed by atoms with van der Waals surface area (Å²) in [6.45, 7) is 0.197. The lowest BCUT2D eigenvalue weighted by Gasteiger charge is -2.25. The Hall–Kier alpha value is -0.940. The molecule has 1 aromatic carbocycles. The Morgan fingerprint density at radius 3 is 2.67 bits per heavy atom. The van der Waals surface area contributed by atoms with Gasteiger partial charge in [0.2, 0.25) is 9.05 Å². The highest BCUT2D eigenvalue weighted by atomic mass is 35.7. The Morgan fingerprint density at radius 1 is 1.33 bits per heavy atom. The van der Waals surface area contributed by atoms with Gasteiger partial charge in [-0.2, -0.15) is 0 Å². The van der Waals surface area contributed by atoms with Crippen LogP contribution in [0.2, 0.25) is 0 Å². The maximum absolute atomic E-state index is 10.8. The second-order valence-electron chi connectivity index (χ2n) is 3.20. The fourth-order valence-corrected chi connectivity index (χ4v) is 2.40. The molecule has 0 spiro atoms. The normalized spacial score (nSPS) is 19.9. The van der Waals surface area contributed by atoms with Gasteiger partial charge < -0.3 is 9.47 Å². The average Bonchev–Trinajstić information content (AvgIpc) is 2.15. The topological polar surface area (TPSA) is 52.6 Å². The second-order valence-corrected chi connectivity index (χ2v) is 6.02. The summed E-state index contributed by atoms with van der Waals surface area (Å²) in [5.74, 6) is 0.929. The maximum Gasteiger partial charge on any atom is 0.236 e. The molecule has 0 unspecified atom stereocenters. The minimum atomic E-state index is -3.56. The van der Waals surface area contributed by atoms with Gasteiger partial charge in [-0.15, -0.1) is 0 Å². The minimum absolute atomic E-state index is 0.197. The van der Waals surface area contributed by atoms with Crippen molar-refractivity contribution in [3.8, 4) is 11.5 Å². The third-order valence-electron chi connectivity index (χ3n) is 1.95. The SMILES string of the molecule is O=S(=O)(Cl)C[C@H]1COc2ccccc2O1. The van der Waals surface area contributed by atoms with E-state index in [2.05, 4.69) is 0 Å². The lowest BCUT2D eigenvalue weighted by Crippen LogP contribution is -2.34. The molecule has 0 radical (unpaired) electrons. The largest absolute Gasteiger partial charge is 0.486 e. The molecule has 0 saturated carbocycles. The lowest BCUT2D eigenvalue weighted by atomic mass is 10.3. The third-order valence-corrected chi connectivity index (χ3v) is 3.10. The van der Waals surface area contributed by atoms with E-state index in [1.165, 1.54) is 0 Å². The summed E-state index contributed by atoms with van der Waals surface area (Å²) < 4.78 is 32.4. The Morgan fingerprint density at radius 2 is 2.00 bits per heavy atom. The van der Waals surface area contributed by atoms with Gasteiger partial charge >= 0.3 is 0 Å². The zero-order chi connectivity index (χ0) is 10.9. The minimum Gasteiger partial charge on any atom is -0.486 e. The van der Waals surface area contributed by atoms with Crippen molar-refractivity contribution in [2.45, 2.75) is 6.10 Å². The van der Waals surface area contributed by atoms with Crippen molar-refractivity contribution in [1.82, 2.24) is 0 Å². The summed E-state index contributed by atoms with van der Waals surface area (Å²) >= 11 is 0. The van der Waals surface area contributed by atoms with E-state index in [4.69, 9.17) is 20.2 Å². The van der Waals surface area contributed by atoms with Crippen molar-refractivity contribution in [3.63, 3.8) is 0 Å². The molecular formula is C9H9ClO4S. The fourth-order valence-electron chi connectivity index (χ4n) is 1.37. The molecular weight excluding hydrogens is 240 g/mol. The predicted molar refractivity (Wildman–Crippen MR) is 56.0 cm³/mol. The first kappa shape index (κ1) is 10.6. The fraction of sp³-hybridized carbons (Fsp3) is 0.333. The molecule has 0 fully saturated rings. The molecule has 0 aliphatic carbocycles. The molecule has 0 amide bonds. The summed E-state index contributed by atoms with van der Waals surface area (Å²) in [7, 11) is 1.57. The average molecular weight is 249 g/mol. The first-order chi connectivity index (χ1) is 7.04. The van der Waals surface area contributed by atoms with Gasteiger partial charge in [0.1, 0.15) is 18.5 Å². The summed E-state index contributed by atoms with van der Waals surface area (Å²) in [6, 6.07) is 7.10. The highest BCUT2D eigenvalue weighted by Crippen LogP contribution is 2.31. The summed E-state index contributed by atoms with van der Waals surface area (Å²) in [4.78, 5) is 0. The molecule has 0 bridgehead atoms. The first-order valence-electron chi connectivity index (χ1n) is 4.35. The van der Waals surface area contributed by atoms with Crippen molar-refractivity contribution in [2.75, 3.05) is 12.4 Å². The molecule has 6 heteroatoms. The Labute approximate surface area is 92.2 Å². The molecule has 1 heterocycles. The standard InChI is InChI=1S/C9H9ClO4S/c10-15(11,12)6-7-5-13-8-3-1-2-4-9(8)14-7/h1-4,7H,5-6H2/t7-/m1/s1. The van der Waals surface area contributed by atoms with E-state index in [-0.39, 0.29) is 12.4 Å². The summed E-state index contributed by atoms with van der Waals surface area (Å²) in [5.41, 5.74) is 0. The van der Waals surface area contributed by atoms with E-state index in [1.807, 2.05) is 6.07 Å². The van der Waals surface area contributed by atoms with Gasteiger partial charge in [0.15, 0.2) is 11.5 Å². The van der Waals surface area contributed by atoms with Crippen LogP contribution in [-0.4, -0.2) is 26.9 Å². The number of benzene rings is 1. The van der Waals surface area contributed by atoms with Gasteiger partial charge in [0, 0.05) is 10.7 Å². The highest BCUT2D eigenvalue weighted by Gasteiger charge is 2.24. The molecule has 82 valence electrons. The molecule has 0 aromatic heterocycles. The maximum atomic E-state index is 10.8. The summed E-state index contributed by atoms with van der Waals surface area (Å²) in [6.07, 6.45) is -0.539. The van der Waals surface area contributed by atoms with E-state index in [0.29, 0.717) is 11.5 Å². The Bertz CT molecular complexity index is 457. The van der Waals surface area contributed by atoms with E-state index < -0.39 is 15.2 Å². The van der Waals surface area contributed by atoms with E-state index in [0.717, 1.165) is 0 Å². The molecule has 15 heavy (non-hydrogen) atoms. The lowest BCUT2D eigenvalue weighted by molar-refractivity contribution is 0.106. The molecule has 2 rings (SSSR count). The molecule has 0 saturated heterocycles. The van der Waals surface area contributed by atoms with Crippen LogP contribution in [0.3, 0.4) is 0 Å². The van der Waals surface area contributed by atoms with Crippen LogP contribution in [0.15, 0.2) is 24.3 Å². The van der Waals surface area contributed by atoms with Gasteiger partial charge in [-0.1, -0.05) is 12.1 Å². The van der Waals surface area contributed by atoms with Crippen LogP contribution in [0.4, 0.5) is 0 Å². The van der Waals surface area contributed by atoms with Gasteiger partial charge in [0.25, 0.3) is 0 Å². The Balaban J connectivity index is 2.12. The van der Waals surface area contributed by atoms with Crippen LogP contribution in [-0.2, 0) is 9.05 Å². The van der Waals surface area contributed by atoms with Crippen molar-refractivity contribution < 1.29 is 17.9 Å². The smallest absolute Gasteiger partial charge is 0.236 e. The van der Waals surface area contributed by atoms with Crippen molar-refractivity contribution in [1.29, 1.82) is 0 Å². The van der Waals surface area contributed by atoms with Gasteiger partial charge in [0.05, 0.1) is 0 Å². The predicted octanol–water partition coefficient (Wildman–Crippen LogP) is 1.40. The zero-order valence-corrected chi connectivity index (χ0v) is 9.29. The third kappa shape index (κ3) is 2.76. The highest BCUT2D eigenvalue weighted by molar-refractivity contribution is 8.13. The molecule has 1 aromatic rings. The van der Waals surface area contributed by atoms with Gasteiger partial charge in [-0.25, -0.2) is 8.42 Å². The van der Waals surface area contributed by atoms with Gasteiger partial charge in [-0.05, 0) is 12.1 Å². The quantitative estimate of drug-likeness (QED) is 0.743. The van der Waals surface area contributed by atoms with Crippen molar-refractivity contribution in [2.24, 2.45) is 0 Å². The van der Waals surface area contributed by atoms with Crippen LogP contribution < -0.4 is 9.47 Å². The van der Waals surface area contributed by atoms with Crippen LogP contribution >= 0.6 is 10.7 Å². The zero-order valence-electron chi connectivity index (χ0n) is 7.72. The van der Waals surface area contributed by atoms with E-state index >= 15 is 0 Å². The van der Waals surface area contributed by atoms with Crippen LogP contribution in [0, 0.1) is 0 Å². The number of ether oxygens (including phenoxy) is 2. The number of rotatable bonds is 2. The van der Waals surface area contributed by atoms with Crippen LogP contribution in [0.5, 0.6) is 11.5 Å². The molecule has 1 aliphatic heterocycles. The first-order valence-corrected chi connectivity index (χ1v) is 6.83. The van der Waals surface area contributed by atoms with Crippen LogP contribution in [0.25, 0.3) is 0 Å². The number of hydrogen-bond acceptors (Lipinski definition) is 4. The molecule has 1 aliphatic rings. The van der Waals surface area contributed by atoms with Crippen molar-refractivity contribution >= 4 is 19.7 Å². The monoisotopic (exact) mass is 248 g/mol.